The first-order chi connectivity index (χ1) is 15.2. The SMILES string of the molecule is CCOC(=O)c1ccc2c(c1)SC1=N[C@@](C(=O)OC)(C(F)(F)F)N=C(N3CCCCC3)N12. The molecule has 1 fully saturated rings. The first-order valence-corrected chi connectivity index (χ1v) is 10.9. The lowest BCUT2D eigenvalue weighted by Gasteiger charge is -2.39. The lowest BCUT2D eigenvalue weighted by molar-refractivity contribution is -0.201. The van der Waals surface area contributed by atoms with Crippen molar-refractivity contribution in [3.63, 3.8) is 0 Å². The minimum atomic E-state index is -5.11. The molecule has 3 aliphatic heterocycles. The summed E-state index contributed by atoms with van der Waals surface area (Å²) in [4.78, 5) is 35.9. The van der Waals surface area contributed by atoms with E-state index in [-0.39, 0.29) is 23.3 Å². The van der Waals surface area contributed by atoms with Gasteiger partial charge < -0.3 is 14.4 Å². The van der Waals surface area contributed by atoms with Gasteiger partial charge in [0.25, 0.3) is 0 Å². The van der Waals surface area contributed by atoms with E-state index in [0.29, 0.717) is 23.7 Å². The number of likely N-dealkylation sites (tertiary alicyclic amines) is 1. The Morgan fingerprint density at radius 2 is 1.91 bits per heavy atom. The highest BCUT2D eigenvalue weighted by Gasteiger charge is 2.66. The number of halogens is 3. The van der Waals surface area contributed by atoms with Crippen molar-refractivity contribution in [2.24, 2.45) is 9.98 Å². The zero-order valence-corrected chi connectivity index (χ0v) is 18.3. The number of piperidine rings is 1. The van der Waals surface area contributed by atoms with E-state index >= 15 is 0 Å². The number of carbonyl (C=O) groups is 2. The van der Waals surface area contributed by atoms with Crippen molar-refractivity contribution in [2.45, 2.75) is 42.9 Å². The zero-order chi connectivity index (χ0) is 23.1. The lowest BCUT2D eigenvalue weighted by Crippen LogP contribution is -2.59. The zero-order valence-electron chi connectivity index (χ0n) is 17.4. The Morgan fingerprint density at radius 3 is 2.53 bits per heavy atom. The Morgan fingerprint density at radius 1 is 1.19 bits per heavy atom. The number of alkyl halides is 3. The third kappa shape index (κ3) is 3.59. The molecule has 172 valence electrons. The molecule has 0 saturated carbocycles. The fourth-order valence-corrected chi connectivity index (χ4v) is 4.87. The number of fused-ring (bicyclic) bond motifs is 3. The summed E-state index contributed by atoms with van der Waals surface area (Å²) in [7, 11) is 0.876. The monoisotopic (exact) mass is 470 g/mol. The molecule has 1 aromatic carbocycles. The van der Waals surface area contributed by atoms with Crippen molar-refractivity contribution in [1.29, 1.82) is 0 Å². The number of rotatable bonds is 3. The van der Waals surface area contributed by atoms with E-state index in [4.69, 9.17) is 4.74 Å². The maximum atomic E-state index is 14.2. The summed E-state index contributed by atoms with van der Waals surface area (Å²) in [6, 6.07) is 4.70. The van der Waals surface area contributed by atoms with Crippen LogP contribution in [0, 0.1) is 0 Å². The third-order valence-electron chi connectivity index (χ3n) is 5.33. The van der Waals surface area contributed by atoms with Crippen LogP contribution in [0.4, 0.5) is 18.9 Å². The third-order valence-corrected chi connectivity index (χ3v) is 6.33. The molecule has 1 atom stereocenters. The summed E-state index contributed by atoms with van der Waals surface area (Å²) in [6.45, 7) is 2.87. The van der Waals surface area contributed by atoms with Crippen LogP contribution in [0.1, 0.15) is 36.5 Å². The number of carbonyl (C=O) groups excluding carboxylic acids is 2. The molecular formula is C20H21F3N4O4S. The number of amidine groups is 1. The maximum absolute atomic E-state index is 14.2. The van der Waals surface area contributed by atoms with Crippen LogP contribution in [0.15, 0.2) is 33.1 Å². The Kier molecular flexibility index (Phi) is 5.82. The van der Waals surface area contributed by atoms with Crippen LogP contribution < -0.4 is 4.90 Å². The number of nitrogens with zero attached hydrogens (tertiary/aromatic N) is 4. The van der Waals surface area contributed by atoms with Crippen LogP contribution in [0.3, 0.4) is 0 Å². The highest BCUT2D eigenvalue weighted by molar-refractivity contribution is 8.15. The van der Waals surface area contributed by atoms with Gasteiger partial charge in [0.15, 0.2) is 5.17 Å². The van der Waals surface area contributed by atoms with E-state index in [1.807, 2.05) is 0 Å². The molecular weight excluding hydrogens is 449 g/mol. The van der Waals surface area contributed by atoms with Gasteiger partial charge in [-0.3, -0.25) is 4.90 Å². The number of esters is 2. The van der Waals surface area contributed by atoms with E-state index in [1.54, 1.807) is 30.0 Å². The van der Waals surface area contributed by atoms with Crippen LogP contribution in [0.2, 0.25) is 0 Å². The van der Waals surface area contributed by atoms with Crippen molar-refractivity contribution in [1.82, 2.24) is 4.90 Å². The molecule has 3 aliphatic rings. The van der Waals surface area contributed by atoms with Gasteiger partial charge in [0.2, 0.25) is 5.96 Å². The van der Waals surface area contributed by atoms with Crippen LogP contribution in [0.25, 0.3) is 0 Å². The molecule has 8 nitrogen and oxygen atoms in total. The smallest absolute Gasteiger partial charge is 0.446 e. The van der Waals surface area contributed by atoms with Gasteiger partial charge in [-0.15, -0.1) is 0 Å². The standard InChI is InChI=1S/C20H21F3N4O4S/c1-3-31-15(28)12-7-8-13-14(11-12)32-18-25-19(16(29)30-2,20(21,22)23)24-17(27(13)18)26-9-5-4-6-10-26/h7-8,11H,3-6,9-10H2,1-2H3/t19-/m0/s1. The molecule has 0 aromatic heterocycles. The van der Waals surface area contributed by atoms with Crippen LogP contribution in [-0.2, 0) is 14.3 Å². The number of aliphatic imine (C=N–C) groups is 2. The van der Waals surface area contributed by atoms with Crippen LogP contribution in [0.5, 0.6) is 0 Å². The average Bonchev–Trinajstić information content (AvgIpc) is 3.15. The number of guanidine groups is 1. The van der Waals surface area contributed by atoms with Crippen molar-refractivity contribution >= 4 is 40.5 Å². The second kappa shape index (κ2) is 8.30. The van der Waals surface area contributed by atoms with Gasteiger partial charge in [0.1, 0.15) is 0 Å². The van der Waals surface area contributed by atoms with Gasteiger partial charge >= 0.3 is 23.8 Å². The summed E-state index contributed by atoms with van der Waals surface area (Å²) < 4.78 is 52.1. The summed E-state index contributed by atoms with van der Waals surface area (Å²) >= 11 is 0.937. The first-order valence-electron chi connectivity index (χ1n) is 10.1. The predicted molar refractivity (Wildman–Crippen MR) is 112 cm³/mol. The van der Waals surface area contributed by atoms with Gasteiger partial charge in [0.05, 0.1) is 25.0 Å². The number of ether oxygens (including phenoxy) is 2. The van der Waals surface area contributed by atoms with E-state index in [9.17, 15) is 22.8 Å². The maximum Gasteiger partial charge on any atom is 0.446 e. The summed E-state index contributed by atoms with van der Waals surface area (Å²) in [5, 5.41) is -0.0562. The van der Waals surface area contributed by atoms with E-state index in [2.05, 4.69) is 14.7 Å². The van der Waals surface area contributed by atoms with Crippen LogP contribution >= 0.6 is 11.8 Å². The summed E-state index contributed by atoms with van der Waals surface area (Å²) in [6.07, 6.45) is -2.57. The van der Waals surface area contributed by atoms with E-state index < -0.39 is 23.8 Å². The highest BCUT2D eigenvalue weighted by Crippen LogP contribution is 2.48. The number of methoxy groups -OCH3 is 1. The van der Waals surface area contributed by atoms with Gasteiger partial charge in [-0.2, -0.15) is 13.2 Å². The second-order valence-electron chi connectivity index (χ2n) is 7.36. The number of hydrogen-bond acceptors (Lipinski definition) is 9. The fraction of sp³-hybridized carbons (Fsp3) is 0.500. The number of thioether (sulfide) groups is 1. The van der Waals surface area contributed by atoms with Gasteiger partial charge in [-0.05, 0) is 56.1 Å². The van der Waals surface area contributed by atoms with Gasteiger partial charge in [-0.1, -0.05) is 0 Å². The molecule has 0 N–H and O–H groups in total. The molecule has 32 heavy (non-hydrogen) atoms. The molecule has 1 aromatic rings. The van der Waals surface area contributed by atoms with Gasteiger partial charge in [0, 0.05) is 18.0 Å². The molecule has 0 unspecified atom stereocenters. The lowest BCUT2D eigenvalue weighted by atomic mass is 10.1. The number of hydrogen-bond donors (Lipinski definition) is 0. The fourth-order valence-electron chi connectivity index (χ4n) is 3.78. The molecule has 0 amide bonds. The Hall–Kier alpha value is -2.76. The molecule has 0 radical (unpaired) electrons. The Bertz CT molecular complexity index is 1010. The number of anilines is 1. The van der Waals surface area contributed by atoms with E-state index in [0.717, 1.165) is 38.1 Å². The summed E-state index contributed by atoms with van der Waals surface area (Å²) in [5.74, 6) is -2.14. The largest absolute Gasteiger partial charge is 0.465 e. The molecule has 0 bridgehead atoms. The van der Waals surface area contributed by atoms with Crippen LogP contribution in [-0.4, -0.2) is 66.6 Å². The molecule has 12 heteroatoms. The van der Waals surface area contributed by atoms with Crippen molar-refractivity contribution < 1.29 is 32.2 Å². The average molecular weight is 470 g/mol. The molecule has 3 heterocycles. The predicted octanol–water partition coefficient (Wildman–Crippen LogP) is 3.42. The quantitative estimate of drug-likeness (QED) is 0.626. The Labute approximate surface area is 186 Å². The second-order valence-corrected chi connectivity index (χ2v) is 8.36. The first kappa shape index (κ1) is 22.4. The summed E-state index contributed by atoms with van der Waals surface area (Å²) in [5.41, 5.74) is -2.59. The van der Waals surface area contributed by atoms with E-state index in [1.165, 1.54) is 4.90 Å². The van der Waals surface area contributed by atoms with Gasteiger partial charge in [-0.25, -0.2) is 19.6 Å². The van der Waals surface area contributed by atoms with Crippen molar-refractivity contribution in [3.05, 3.63) is 23.8 Å². The molecule has 0 aliphatic carbocycles. The Balaban J connectivity index is 1.85. The molecule has 1 saturated heterocycles. The minimum Gasteiger partial charge on any atom is -0.465 e. The highest BCUT2D eigenvalue weighted by atomic mass is 32.2. The number of benzene rings is 1. The minimum absolute atomic E-state index is 0.00689. The topological polar surface area (TPSA) is 83.8 Å². The van der Waals surface area contributed by atoms with Crippen molar-refractivity contribution in [2.75, 3.05) is 31.7 Å². The molecule has 4 rings (SSSR count). The normalized spacial score (nSPS) is 22.5. The van der Waals surface area contributed by atoms with Crippen molar-refractivity contribution in [3.8, 4) is 0 Å². The molecule has 0 spiro atoms.